The minimum atomic E-state index is -1.15. The average Bonchev–Trinajstić information content (AvgIpc) is 3.16. The van der Waals surface area contributed by atoms with Crippen LogP contribution in [-0.2, 0) is 14.3 Å². The van der Waals surface area contributed by atoms with Crippen molar-refractivity contribution >= 4 is 18.0 Å². The van der Waals surface area contributed by atoms with Crippen molar-refractivity contribution in [2.45, 2.75) is 62.9 Å². The molecular formula is C27H32N2O5. The molecule has 34 heavy (non-hydrogen) atoms. The molecule has 0 aromatic heterocycles. The molecule has 4 rings (SSSR count). The number of nitrogens with zero attached hydrogens (tertiary/aromatic N) is 1. The molecule has 2 aliphatic carbocycles. The predicted octanol–water partition coefficient (Wildman–Crippen LogP) is 4.55. The van der Waals surface area contributed by atoms with E-state index in [1.807, 2.05) is 24.3 Å². The molecule has 2 aliphatic rings. The standard InChI is InChI=1S/C27H32N2O5/c1-18(16-24(30)29(2)27(25(31)32)14-8-3-9-15-27)28-26(33)34-17-23-21-12-6-4-10-19(21)20-11-5-7-13-22(20)23/h4-7,10-13,18,23H,3,8-9,14-17H2,1-2H3,(H,28,33)(H,31,32)/t18-/m1/s1. The molecule has 2 N–H and O–H groups in total. The lowest BCUT2D eigenvalue weighted by Gasteiger charge is -2.41. The molecule has 0 bridgehead atoms. The molecule has 1 atom stereocenters. The Balaban J connectivity index is 1.33. The number of carboxylic acids is 1. The second-order valence-corrected chi connectivity index (χ2v) is 9.43. The van der Waals surface area contributed by atoms with Crippen molar-refractivity contribution in [3.05, 3.63) is 59.7 Å². The summed E-state index contributed by atoms with van der Waals surface area (Å²) in [6.45, 7) is 1.92. The molecule has 0 radical (unpaired) electrons. The molecule has 180 valence electrons. The molecule has 2 amide bonds. The summed E-state index contributed by atoms with van der Waals surface area (Å²) in [6.07, 6.45) is 2.90. The monoisotopic (exact) mass is 464 g/mol. The number of likely N-dealkylation sites (N-methyl/N-ethyl adjacent to an activating group) is 1. The highest BCUT2D eigenvalue weighted by Gasteiger charge is 2.45. The van der Waals surface area contributed by atoms with Crippen LogP contribution >= 0.6 is 0 Å². The van der Waals surface area contributed by atoms with E-state index >= 15 is 0 Å². The molecular weight excluding hydrogens is 432 g/mol. The second-order valence-electron chi connectivity index (χ2n) is 9.43. The number of aliphatic carboxylic acids is 1. The van der Waals surface area contributed by atoms with Gasteiger partial charge in [-0.25, -0.2) is 9.59 Å². The van der Waals surface area contributed by atoms with Crippen LogP contribution in [0, 0.1) is 0 Å². The highest BCUT2D eigenvalue weighted by atomic mass is 16.5. The quantitative estimate of drug-likeness (QED) is 0.627. The summed E-state index contributed by atoms with van der Waals surface area (Å²) >= 11 is 0. The van der Waals surface area contributed by atoms with Gasteiger partial charge < -0.3 is 20.1 Å². The van der Waals surface area contributed by atoms with Gasteiger partial charge in [-0.15, -0.1) is 0 Å². The molecule has 0 aliphatic heterocycles. The summed E-state index contributed by atoms with van der Waals surface area (Å²) in [6, 6.07) is 15.8. The average molecular weight is 465 g/mol. The molecule has 1 saturated carbocycles. The van der Waals surface area contributed by atoms with Crippen molar-refractivity contribution < 1.29 is 24.2 Å². The van der Waals surface area contributed by atoms with E-state index in [2.05, 4.69) is 29.6 Å². The van der Waals surface area contributed by atoms with Crippen LogP contribution in [0.25, 0.3) is 11.1 Å². The molecule has 0 spiro atoms. The van der Waals surface area contributed by atoms with E-state index in [-0.39, 0.29) is 24.9 Å². The number of hydrogen-bond donors (Lipinski definition) is 2. The number of carboxylic acid groups (broad SMARTS) is 1. The number of carbonyl (C=O) groups is 3. The Morgan fingerprint density at radius 3 is 2.15 bits per heavy atom. The number of hydrogen-bond acceptors (Lipinski definition) is 4. The molecule has 1 fully saturated rings. The number of rotatable bonds is 7. The third-order valence-corrected chi connectivity index (χ3v) is 7.28. The summed E-state index contributed by atoms with van der Waals surface area (Å²) in [5, 5.41) is 12.5. The van der Waals surface area contributed by atoms with Gasteiger partial charge in [0.2, 0.25) is 5.91 Å². The Morgan fingerprint density at radius 2 is 1.59 bits per heavy atom. The summed E-state index contributed by atoms with van der Waals surface area (Å²) in [4.78, 5) is 38.7. The molecule has 0 heterocycles. The van der Waals surface area contributed by atoms with Crippen molar-refractivity contribution in [1.29, 1.82) is 0 Å². The van der Waals surface area contributed by atoms with E-state index in [1.165, 1.54) is 4.90 Å². The number of benzene rings is 2. The van der Waals surface area contributed by atoms with Gasteiger partial charge in [0.1, 0.15) is 12.1 Å². The van der Waals surface area contributed by atoms with Crippen molar-refractivity contribution in [3.63, 3.8) is 0 Å². The van der Waals surface area contributed by atoms with E-state index < -0.39 is 23.6 Å². The SMILES string of the molecule is C[C@H](CC(=O)N(C)C1(C(=O)O)CCCCC1)NC(=O)OCC1c2ccccc2-c2ccccc21. The highest BCUT2D eigenvalue weighted by molar-refractivity contribution is 5.87. The van der Waals surface area contributed by atoms with E-state index in [0.717, 1.165) is 41.5 Å². The maximum atomic E-state index is 12.9. The van der Waals surface area contributed by atoms with Crippen LogP contribution in [0.15, 0.2) is 48.5 Å². The minimum absolute atomic E-state index is 0.00965. The van der Waals surface area contributed by atoms with Crippen LogP contribution in [0.2, 0.25) is 0 Å². The van der Waals surface area contributed by atoms with Crippen LogP contribution in [0.4, 0.5) is 4.79 Å². The first kappa shape index (κ1) is 23.8. The van der Waals surface area contributed by atoms with Gasteiger partial charge in [0, 0.05) is 25.4 Å². The number of amides is 2. The minimum Gasteiger partial charge on any atom is -0.479 e. The van der Waals surface area contributed by atoms with E-state index in [4.69, 9.17) is 4.74 Å². The Kier molecular flexibility index (Phi) is 6.91. The summed E-state index contributed by atoms with van der Waals surface area (Å²) in [5.74, 6) is -1.29. The topological polar surface area (TPSA) is 95.9 Å². The fourth-order valence-corrected chi connectivity index (χ4v) is 5.36. The fraction of sp³-hybridized carbons (Fsp3) is 0.444. The molecule has 2 aromatic rings. The lowest BCUT2D eigenvalue weighted by Crippen LogP contribution is -2.57. The Labute approximate surface area is 200 Å². The number of alkyl carbamates (subject to hydrolysis) is 1. The van der Waals surface area contributed by atoms with Crippen molar-refractivity contribution in [2.75, 3.05) is 13.7 Å². The number of carbonyl (C=O) groups excluding carboxylic acids is 2. The zero-order valence-electron chi connectivity index (χ0n) is 19.8. The molecule has 2 aromatic carbocycles. The van der Waals surface area contributed by atoms with Crippen molar-refractivity contribution in [2.24, 2.45) is 0 Å². The molecule has 0 saturated heterocycles. The van der Waals surface area contributed by atoms with Gasteiger partial charge in [-0.2, -0.15) is 0 Å². The Hall–Kier alpha value is -3.35. The first-order valence-electron chi connectivity index (χ1n) is 11.9. The van der Waals surface area contributed by atoms with Gasteiger partial charge in [-0.1, -0.05) is 67.8 Å². The van der Waals surface area contributed by atoms with Crippen LogP contribution in [0.5, 0.6) is 0 Å². The predicted molar refractivity (Wildman–Crippen MR) is 129 cm³/mol. The van der Waals surface area contributed by atoms with Crippen LogP contribution in [0.1, 0.15) is 62.5 Å². The number of ether oxygens (including phenoxy) is 1. The van der Waals surface area contributed by atoms with Crippen LogP contribution < -0.4 is 5.32 Å². The Bertz CT molecular complexity index is 1030. The third-order valence-electron chi connectivity index (χ3n) is 7.28. The maximum absolute atomic E-state index is 12.9. The van der Waals surface area contributed by atoms with Gasteiger partial charge in [0.25, 0.3) is 0 Å². The molecule has 7 heteroatoms. The van der Waals surface area contributed by atoms with Gasteiger partial charge in [-0.3, -0.25) is 4.79 Å². The largest absolute Gasteiger partial charge is 0.479 e. The first-order chi connectivity index (χ1) is 16.3. The highest BCUT2D eigenvalue weighted by Crippen LogP contribution is 2.44. The molecule has 7 nitrogen and oxygen atoms in total. The first-order valence-corrected chi connectivity index (χ1v) is 11.9. The lowest BCUT2D eigenvalue weighted by molar-refractivity contribution is -0.160. The number of fused-ring (bicyclic) bond motifs is 3. The van der Waals surface area contributed by atoms with Gasteiger partial charge in [-0.05, 0) is 42.0 Å². The third kappa shape index (κ3) is 4.52. The van der Waals surface area contributed by atoms with Gasteiger partial charge in [0.15, 0.2) is 0 Å². The second kappa shape index (κ2) is 9.87. The smallest absolute Gasteiger partial charge is 0.407 e. The zero-order valence-corrected chi connectivity index (χ0v) is 19.8. The van der Waals surface area contributed by atoms with Crippen molar-refractivity contribution in [3.8, 4) is 11.1 Å². The zero-order chi connectivity index (χ0) is 24.3. The fourth-order valence-electron chi connectivity index (χ4n) is 5.36. The summed E-state index contributed by atoms with van der Waals surface area (Å²) in [5.41, 5.74) is 3.42. The van der Waals surface area contributed by atoms with E-state index in [1.54, 1.807) is 14.0 Å². The van der Waals surface area contributed by atoms with Crippen LogP contribution in [0.3, 0.4) is 0 Å². The van der Waals surface area contributed by atoms with E-state index in [0.29, 0.717) is 12.8 Å². The lowest BCUT2D eigenvalue weighted by atomic mass is 9.80. The Morgan fingerprint density at radius 1 is 1.03 bits per heavy atom. The summed E-state index contributed by atoms with van der Waals surface area (Å²) in [7, 11) is 1.56. The normalized spacial score (nSPS) is 17.2. The van der Waals surface area contributed by atoms with Crippen molar-refractivity contribution in [1.82, 2.24) is 10.2 Å². The van der Waals surface area contributed by atoms with Gasteiger partial charge in [0.05, 0.1) is 0 Å². The van der Waals surface area contributed by atoms with Gasteiger partial charge >= 0.3 is 12.1 Å². The molecule has 0 unspecified atom stereocenters. The van der Waals surface area contributed by atoms with Crippen LogP contribution in [-0.4, -0.2) is 53.2 Å². The number of nitrogens with one attached hydrogen (secondary N) is 1. The summed E-state index contributed by atoms with van der Waals surface area (Å²) < 4.78 is 5.56. The van der Waals surface area contributed by atoms with E-state index in [9.17, 15) is 19.5 Å². The maximum Gasteiger partial charge on any atom is 0.407 e.